The minimum absolute atomic E-state index is 0.174. The first-order valence-electron chi connectivity index (χ1n) is 4.54. The molecule has 0 atom stereocenters. The molecule has 68 valence electrons. The number of nitrogens with one attached hydrogen (secondary N) is 2. The first-order chi connectivity index (χ1) is 5.13. The van der Waals surface area contributed by atoms with Gasteiger partial charge in [-0.25, -0.2) is 0 Å². The van der Waals surface area contributed by atoms with E-state index in [1.807, 2.05) is 0 Å². The lowest BCUT2D eigenvalue weighted by Gasteiger charge is -2.09. The predicted octanol–water partition coefficient (Wildman–Crippen LogP) is 0.476. The Bertz CT molecular complexity index is 74.2. The molecule has 0 bridgehead atoms. The monoisotopic (exact) mass is 174 g/mol. The van der Waals surface area contributed by atoms with Gasteiger partial charge in [-0.3, -0.25) is 0 Å². The van der Waals surface area contributed by atoms with Crippen LogP contribution < -0.4 is 9.96 Å². The largest absolute Gasteiger partial charge is 0.330 e. The maximum absolute atomic E-state index is 3.47. The number of rotatable bonds is 6. The lowest BCUT2D eigenvalue weighted by atomic mass is 10.2. The smallest absolute Gasteiger partial charge is 0.167 e. The van der Waals surface area contributed by atoms with Crippen molar-refractivity contribution in [3.63, 3.8) is 0 Å². The van der Waals surface area contributed by atoms with E-state index in [-0.39, 0.29) is 9.84 Å². The summed E-state index contributed by atoms with van der Waals surface area (Å²) in [6.45, 7) is 11.3. The molecule has 0 aliphatic carbocycles. The van der Waals surface area contributed by atoms with Crippen molar-refractivity contribution in [1.82, 2.24) is 9.96 Å². The van der Waals surface area contributed by atoms with Crippen LogP contribution in [0.3, 0.4) is 0 Å². The van der Waals surface area contributed by atoms with Gasteiger partial charge in [0.1, 0.15) is 0 Å². The highest BCUT2D eigenvalue weighted by Gasteiger charge is 1.93. The van der Waals surface area contributed by atoms with Crippen LogP contribution in [0.25, 0.3) is 0 Å². The normalized spacial score (nSPS) is 11.5. The summed E-state index contributed by atoms with van der Waals surface area (Å²) in [5.74, 6) is 1.56. The summed E-state index contributed by atoms with van der Waals surface area (Å²) in [6, 6.07) is 0. The summed E-state index contributed by atoms with van der Waals surface area (Å²) in [5.41, 5.74) is 0. The molecule has 2 N–H and O–H groups in total. The van der Waals surface area contributed by atoms with E-state index < -0.39 is 0 Å². The van der Waals surface area contributed by atoms with E-state index in [2.05, 4.69) is 37.7 Å². The molecule has 0 aliphatic heterocycles. The molecule has 0 amide bonds. The van der Waals surface area contributed by atoms with Crippen molar-refractivity contribution in [3.05, 3.63) is 0 Å². The summed E-state index contributed by atoms with van der Waals surface area (Å²) < 4.78 is 0. The van der Waals surface area contributed by atoms with Crippen LogP contribution in [0, 0.1) is 11.8 Å². The van der Waals surface area contributed by atoms with Gasteiger partial charge >= 0.3 is 0 Å². The Hall–Kier alpha value is 0.137. The molecule has 0 aliphatic rings. The Morgan fingerprint density at radius 1 is 0.909 bits per heavy atom. The second kappa shape index (κ2) is 6.82. The van der Waals surface area contributed by atoms with E-state index in [1.54, 1.807) is 0 Å². The summed E-state index contributed by atoms with van der Waals surface area (Å²) in [4.78, 5) is 6.94. The van der Waals surface area contributed by atoms with Gasteiger partial charge in [0.25, 0.3) is 0 Å². The third kappa shape index (κ3) is 10.1. The van der Waals surface area contributed by atoms with Gasteiger partial charge in [-0.05, 0) is 24.9 Å². The average molecular weight is 174 g/mol. The standard InChI is InChI=1S/C8H22N2Si/c1-7(2)5-9-11-10-6-8(3)4/h7-10H,5-6,11H2,1-4H3. The SMILES string of the molecule is CC(C)CN[SiH2]NCC(C)C. The van der Waals surface area contributed by atoms with Gasteiger partial charge in [0.15, 0.2) is 9.84 Å². The molecule has 0 radical (unpaired) electrons. The van der Waals surface area contributed by atoms with Crippen LogP contribution in [-0.4, -0.2) is 22.9 Å². The summed E-state index contributed by atoms with van der Waals surface area (Å²) >= 11 is 0. The summed E-state index contributed by atoms with van der Waals surface area (Å²) in [7, 11) is -0.174. The maximum Gasteiger partial charge on any atom is 0.167 e. The fourth-order valence-electron chi connectivity index (χ4n) is 0.810. The van der Waals surface area contributed by atoms with Crippen LogP contribution in [0.2, 0.25) is 0 Å². The lowest BCUT2D eigenvalue weighted by Crippen LogP contribution is -2.37. The van der Waals surface area contributed by atoms with Crippen LogP contribution in [0.4, 0.5) is 0 Å². The molecular weight excluding hydrogens is 152 g/mol. The summed E-state index contributed by atoms with van der Waals surface area (Å²) in [6.07, 6.45) is 0. The lowest BCUT2D eigenvalue weighted by molar-refractivity contribution is 0.608. The summed E-state index contributed by atoms with van der Waals surface area (Å²) in [5, 5.41) is 0. The molecule has 0 aromatic heterocycles. The van der Waals surface area contributed by atoms with Crippen LogP contribution in [-0.2, 0) is 0 Å². The topological polar surface area (TPSA) is 24.1 Å². The van der Waals surface area contributed by atoms with Crippen molar-refractivity contribution >= 4 is 9.84 Å². The molecule has 3 heteroatoms. The van der Waals surface area contributed by atoms with Crippen molar-refractivity contribution in [2.75, 3.05) is 13.1 Å². The molecule has 0 saturated carbocycles. The molecule has 0 aromatic rings. The van der Waals surface area contributed by atoms with E-state index in [0.29, 0.717) is 0 Å². The zero-order valence-electron chi connectivity index (χ0n) is 8.28. The maximum atomic E-state index is 3.47. The van der Waals surface area contributed by atoms with Gasteiger partial charge in [-0.2, -0.15) is 0 Å². The van der Waals surface area contributed by atoms with Gasteiger partial charge < -0.3 is 9.96 Å². The minimum atomic E-state index is -0.174. The van der Waals surface area contributed by atoms with Crippen LogP contribution in [0.15, 0.2) is 0 Å². The third-order valence-electron chi connectivity index (χ3n) is 1.36. The molecule has 0 saturated heterocycles. The van der Waals surface area contributed by atoms with Crippen molar-refractivity contribution in [2.24, 2.45) is 11.8 Å². The molecule has 2 nitrogen and oxygen atoms in total. The predicted molar refractivity (Wildman–Crippen MR) is 54.2 cm³/mol. The second-order valence-corrected chi connectivity index (χ2v) is 5.23. The van der Waals surface area contributed by atoms with Crippen molar-refractivity contribution in [2.45, 2.75) is 27.7 Å². The van der Waals surface area contributed by atoms with Gasteiger partial charge in [0.05, 0.1) is 0 Å². The van der Waals surface area contributed by atoms with E-state index in [1.165, 1.54) is 0 Å². The van der Waals surface area contributed by atoms with Crippen molar-refractivity contribution in [1.29, 1.82) is 0 Å². The van der Waals surface area contributed by atoms with E-state index in [0.717, 1.165) is 24.9 Å². The van der Waals surface area contributed by atoms with Crippen molar-refractivity contribution in [3.8, 4) is 0 Å². The molecule has 11 heavy (non-hydrogen) atoms. The average Bonchev–Trinajstić information content (AvgIpc) is 1.85. The van der Waals surface area contributed by atoms with Crippen molar-refractivity contribution < 1.29 is 0 Å². The Labute approximate surface area is 73.1 Å². The number of hydrogen-bond donors (Lipinski definition) is 2. The Morgan fingerprint density at radius 2 is 1.27 bits per heavy atom. The minimum Gasteiger partial charge on any atom is -0.330 e. The fourth-order valence-corrected chi connectivity index (χ4v) is 2.43. The Balaban J connectivity index is 2.91. The van der Waals surface area contributed by atoms with Crippen LogP contribution >= 0.6 is 0 Å². The van der Waals surface area contributed by atoms with E-state index in [4.69, 9.17) is 0 Å². The van der Waals surface area contributed by atoms with Gasteiger partial charge in [-0.1, -0.05) is 27.7 Å². The fraction of sp³-hybridized carbons (Fsp3) is 1.00. The molecule has 0 spiro atoms. The highest BCUT2D eigenvalue weighted by Crippen LogP contribution is 1.86. The van der Waals surface area contributed by atoms with E-state index in [9.17, 15) is 0 Å². The molecule has 0 heterocycles. The molecule has 0 aromatic carbocycles. The van der Waals surface area contributed by atoms with Gasteiger partial charge in [0.2, 0.25) is 0 Å². The highest BCUT2D eigenvalue weighted by atomic mass is 28.2. The quantitative estimate of drug-likeness (QED) is 0.452. The molecule has 0 fully saturated rings. The van der Waals surface area contributed by atoms with E-state index >= 15 is 0 Å². The molecule has 0 rings (SSSR count). The van der Waals surface area contributed by atoms with Gasteiger partial charge in [0, 0.05) is 0 Å². The molecule has 0 unspecified atom stereocenters. The molecular formula is C8H22N2Si. The zero-order chi connectivity index (χ0) is 8.69. The highest BCUT2D eigenvalue weighted by molar-refractivity contribution is 6.28. The second-order valence-electron chi connectivity index (χ2n) is 3.87. The van der Waals surface area contributed by atoms with Crippen LogP contribution in [0.5, 0.6) is 0 Å². The number of hydrogen-bond acceptors (Lipinski definition) is 2. The first kappa shape index (κ1) is 11.1. The third-order valence-corrected chi connectivity index (χ3v) is 2.43. The Morgan fingerprint density at radius 3 is 1.55 bits per heavy atom. The Kier molecular flexibility index (Phi) is 6.91. The first-order valence-corrected chi connectivity index (χ1v) is 5.95. The zero-order valence-corrected chi connectivity index (χ0v) is 9.69. The van der Waals surface area contributed by atoms with Crippen LogP contribution in [0.1, 0.15) is 27.7 Å². The van der Waals surface area contributed by atoms with Gasteiger partial charge in [-0.15, -0.1) is 0 Å².